The number of aromatic nitrogens is 4. The molecule has 0 N–H and O–H groups in total. The highest BCUT2D eigenvalue weighted by atomic mass is 79.9. The maximum absolute atomic E-state index is 13.7. The van der Waals surface area contributed by atoms with Gasteiger partial charge in [-0.15, -0.1) is 5.10 Å². The van der Waals surface area contributed by atoms with Crippen molar-refractivity contribution in [2.75, 3.05) is 14.2 Å². The molecule has 0 aliphatic heterocycles. The Kier molecular flexibility index (Phi) is 6.09. The lowest BCUT2D eigenvalue weighted by molar-refractivity contribution is -0.113. The SMILES string of the molecule is COC(Cn1nnnc1SCc1cc(Br)ccc1F)OC. The fourth-order valence-electron chi connectivity index (χ4n) is 1.60. The first kappa shape index (κ1) is 16.3. The summed E-state index contributed by atoms with van der Waals surface area (Å²) in [5, 5.41) is 12.0. The third-order valence-electron chi connectivity index (χ3n) is 2.71. The molecule has 0 fully saturated rings. The van der Waals surface area contributed by atoms with E-state index in [1.54, 1.807) is 31.0 Å². The average Bonchev–Trinajstić information content (AvgIpc) is 2.93. The number of nitrogens with zero attached hydrogens (tertiary/aromatic N) is 4. The Hall–Kier alpha value is -1.03. The zero-order valence-electron chi connectivity index (χ0n) is 11.5. The summed E-state index contributed by atoms with van der Waals surface area (Å²) in [6.45, 7) is 0.364. The molecule has 6 nitrogen and oxygen atoms in total. The normalized spacial score (nSPS) is 11.3. The standard InChI is InChI=1S/C12H14BrFN4O2S/c1-19-11(20-2)6-18-12(15-16-17-18)21-7-8-5-9(13)3-4-10(8)14/h3-5,11H,6-7H2,1-2H3. The molecule has 0 bridgehead atoms. The van der Waals surface area contributed by atoms with Gasteiger partial charge in [0.05, 0.1) is 6.54 Å². The molecule has 0 spiro atoms. The maximum Gasteiger partial charge on any atom is 0.209 e. The Balaban J connectivity index is 2.04. The van der Waals surface area contributed by atoms with Gasteiger partial charge in [0.1, 0.15) is 5.82 Å². The summed E-state index contributed by atoms with van der Waals surface area (Å²) in [7, 11) is 3.09. The lowest BCUT2D eigenvalue weighted by Gasteiger charge is -2.13. The summed E-state index contributed by atoms with van der Waals surface area (Å²) in [4.78, 5) is 0. The molecule has 1 aromatic carbocycles. The van der Waals surface area contributed by atoms with E-state index in [4.69, 9.17) is 9.47 Å². The Labute approximate surface area is 134 Å². The van der Waals surface area contributed by atoms with Crippen LogP contribution in [0.5, 0.6) is 0 Å². The smallest absolute Gasteiger partial charge is 0.209 e. The molecule has 0 aliphatic carbocycles. The molecule has 1 heterocycles. The molecule has 2 rings (SSSR count). The molecule has 9 heteroatoms. The van der Waals surface area contributed by atoms with E-state index >= 15 is 0 Å². The van der Waals surface area contributed by atoms with Crippen LogP contribution in [0.4, 0.5) is 4.39 Å². The van der Waals surface area contributed by atoms with Gasteiger partial charge >= 0.3 is 0 Å². The average molecular weight is 377 g/mol. The van der Waals surface area contributed by atoms with Crippen molar-refractivity contribution in [2.45, 2.75) is 23.7 Å². The summed E-state index contributed by atoms with van der Waals surface area (Å²) in [5.74, 6) is 0.174. The highest BCUT2D eigenvalue weighted by Gasteiger charge is 2.14. The summed E-state index contributed by atoms with van der Waals surface area (Å²) in [5.41, 5.74) is 0.582. The third kappa shape index (κ3) is 4.47. The summed E-state index contributed by atoms with van der Waals surface area (Å²) in [6, 6.07) is 4.83. The molecule has 0 amide bonds. The van der Waals surface area contributed by atoms with Crippen molar-refractivity contribution >= 4 is 27.7 Å². The lowest BCUT2D eigenvalue weighted by atomic mass is 10.2. The second kappa shape index (κ2) is 7.83. The number of halogens is 2. The largest absolute Gasteiger partial charge is 0.354 e. The minimum absolute atomic E-state index is 0.253. The van der Waals surface area contributed by atoms with E-state index < -0.39 is 6.29 Å². The van der Waals surface area contributed by atoms with E-state index in [0.717, 1.165) is 4.47 Å². The van der Waals surface area contributed by atoms with E-state index in [2.05, 4.69) is 31.5 Å². The number of tetrazole rings is 1. The molecular weight excluding hydrogens is 363 g/mol. The number of hydrogen-bond acceptors (Lipinski definition) is 6. The molecule has 2 aromatic rings. The Morgan fingerprint density at radius 3 is 2.86 bits per heavy atom. The number of thioether (sulfide) groups is 1. The first-order chi connectivity index (χ1) is 10.1. The fraction of sp³-hybridized carbons (Fsp3) is 0.417. The predicted octanol–water partition coefficient (Wildman–Crippen LogP) is 2.49. The molecular formula is C12H14BrFN4O2S. The van der Waals surface area contributed by atoms with Crippen molar-refractivity contribution in [1.82, 2.24) is 20.2 Å². The highest BCUT2D eigenvalue weighted by molar-refractivity contribution is 9.10. The van der Waals surface area contributed by atoms with Crippen LogP contribution in [0.15, 0.2) is 27.8 Å². The van der Waals surface area contributed by atoms with Crippen LogP contribution >= 0.6 is 27.7 Å². The minimum atomic E-state index is -0.435. The molecule has 0 saturated heterocycles. The van der Waals surface area contributed by atoms with Gasteiger partial charge in [-0.05, 0) is 34.2 Å². The van der Waals surface area contributed by atoms with Crippen LogP contribution in [0.1, 0.15) is 5.56 Å². The van der Waals surface area contributed by atoms with Crippen molar-refractivity contribution in [3.63, 3.8) is 0 Å². The molecule has 0 unspecified atom stereocenters. The van der Waals surface area contributed by atoms with Gasteiger partial charge < -0.3 is 9.47 Å². The first-order valence-corrected chi connectivity index (χ1v) is 7.80. The van der Waals surface area contributed by atoms with Gasteiger partial charge in [0, 0.05) is 24.4 Å². The van der Waals surface area contributed by atoms with Crippen molar-refractivity contribution in [3.05, 3.63) is 34.1 Å². The van der Waals surface area contributed by atoms with Crippen LogP contribution in [0, 0.1) is 5.82 Å². The Morgan fingerprint density at radius 1 is 1.38 bits per heavy atom. The van der Waals surface area contributed by atoms with Crippen LogP contribution < -0.4 is 0 Å². The third-order valence-corrected chi connectivity index (χ3v) is 4.21. The maximum atomic E-state index is 13.7. The van der Waals surface area contributed by atoms with Crippen LogP contribution in [0.3, 0.4) is 0 Å². The second-order valence-electron chi connectivity index (χ2n) is 4.07. The van der Waals surface area contributed by atoms with Crippen molar-refractivity contribution < 1.29 is 13.9 Å². The van der Waals surface area contributed by atoms with Crippen molar-refractivity contribution in [2.24, 2.45) is 0 Å². The molecule has 114 valence electrons. The van der Waals surface area contributed by atoms with E-state index in [0.29, 0.717) is 23.0 Å². The molecule has 21 heavy (non-hydrogen) atoms. The molecule has 0 saturated carbocycles. The fourth-order valence-corrected chi connectivity index (χ4v) is 2.87. The monoisotopic (exact) mass is 376 g/mol. The molecule has 0 aliphatic rings. The number of methoxy groups -OCH3 is 2. The van der Waals surface area contributed by atoms with Gasteiger partial charge in [-0.25, -0.2) is 9.07 Å². The molecule has 0 radical (unpaired) electrons. The van der Waals surface area contributed by atoms with Crippen LogP contribution in [0.25, 0.3) is 0 Å². The van der Waals surface area contributed by atoms with Gasteiger partial charge in [-0.2, -0.15) is 0 Å². The second-order valence-corrected chi connectivity index (χ2v) is 5.93. The quantitative estimate of drug-likeness (QED) is 0.546. The van der Waals surface area contributed by atoms with Gasteiger partial charge in [0.15, 0.2) is 6.29 Å². The van der Waals surface area contributed by atoms with Crippen LogP contribution in [-0.4, -0.2) is 40.7 Å². The number of benzene rings is 1. The van der Waals surface area contributed by atoms with Gasteiger partial charge in [0.2, 0.25) is 5.16 Å². The summed E-state index contributed by atoms with van der Waals surface area (Å²) in [6.07, 6.45) is -0.435. The van der Waals surface area contributed by atoms with E-state index in [1.807, 2.05) is 0 Å². The van der Waals surface area contributed by atoms with Crippen LogP contribution in [0.2, 0.25) is 0 Å². The summed E-state index contributed by atoms with van der Waals surface area (Å²) < 4.78 is 26.3. The first-order valence-electron chi connectivity index (χ1n) is 6.02. The van der Waals surface area contributed by atoms with Crippen molar-refractivity contribution in [1.29, 1.82) is 0 Å². The predicted molar refractivity (Wildman–Crippen MR) is 79.3 cm³/mol. The highest BCUT2D eigenvalue weighted by Crippen LogP contribution is 2.24. The Morgan fingerprint density at radius 2 is 2.14 bits per heavy atom. The topological polar surface area (TPSA) is 62.1 Å². The number of ether oxygens (including phenoxy) is 2. The Bertz CT molecular complexity index is 594. The summed E-state index contributed by atoms with van der Waals surface area (Å²) >= 11 is 4.67. The van der Waals surface area contributed by atoms with Gasteiger partial charge in [-0.3, -0.25) is 0 Å². The lowest BCUT2D eigenvalue weighted by Crippen LogP contribution is -2.21. The van der Waals surface area contributed by atoms with Crippen molar-refractivity contribution in [3.8, 4) is 0 Å². The van der Waals surface area contributed by atoms with E-state index in [-0.39, 0.29) is 5.82 Å². The molecule has 1 aromatic heterocycles. The van der Waals surface area contributed by atoms with E-state index in [1.165, 1.54) is 17.8 Å². The minimum Gasteiger partial charge on any atom is -0.354 e. The zero-order valence-corrected chi connectivity index (χ0v) is 13.9. The van der Waals surface area contributed by atoms with Crippen LogP contribution in [-0.2, 0) is 21.8 Å². The van der Waals surface area contributed by atoms with Gasteiger partial charge in [0.25, 0.3) is 0 Å². The number of rotatable bonds is 7. The zero-order chi connectivity index (χ0) is 15.2. The van der Waals surface area contributed by atoms with E-state index in [9.17, 15) is 4.39 Å². The molecule has 0 atom stereocenters. The van der Waals surface area contributed by atoms with Gasteiger partial charge in [-0.1, -0.05) is 27.7 Å². The number of hydrogen-bond donors (Lipinski definition) is 0.